The van der Waals surface area contributed by atoms with Crippen molar-refractivity contribution in [2.45, 2.75) is 63.5 Å². The van der Waals surface area contributed by atoms with Crippen LogP contribution in [0.4, 0.5) is 0 Å². The van der Waals surface area contributed by atoms with E-state index in [9.17, 15) is 9.59 Å². The van der Waals surface area contributed by atoms with E-state index in [4.69, 9.17) is 9.15 Å². The van der Waals surface area contributed by atoms with Gasteiger partial charge in [0, 0.05) is 18.4 Å². The number of ketones is 1. The monoisotopic (exact) mass is 329 g/mol. The second-order valence-corrected chi connectivity index (χ2v) is 7.22. The van der Waals surface area contributed by atoms with Gasteiger partial charge in [0.05, 0.1) is 12.2 Å². The number of ether oxygens (including phenoxy) is 1. The number of rotatable bonds is 3. The zero-order valence-corrected chi connectivity index (χ0v) is 13.9. The Morgan fingerprint density at radius 3 is 2.83 bits per heavy atom. The lowest BCUT2D eigenvalue weighted by Crippen LogP contribution is -2.40. The van der Waals surface area contributed by atoms with E-state index >= 15 is 0 Å². The molecule has 1 aliphatic heterocycles. The van der Waals surface area contributed by atoms with E-state index in [-0.39, 0.29) is 35.7 Å². The maximum Gasteiger partial charge on any atom is 0.354 e. The van der Waals surface area contributed by atoms with Gasteiger partial charge in [-0.25, -0.2) is 4.79 Å². The van der Waals surface area contributed by atoms with Gasteiger partial charge in [-0.3, -0.25) is 4.79 Å². The van der Waals surface area contributed by atoms with Crippen molar-refractivity contribution in [3.63, 3.8) is 0 Å². The van der Waals surface area contributed by atoms with Crippen LogP contribution in [0.25, 0.3) is 0 Å². The number of hydrogen-bond acceptors (Lipinski definition) is 5. The Morgan fingerprint density at radius 2 is 2.12 bits per heavy atom. The summed E-state index contributed by atoms with van der Waals surface area (Å²) in [7, 11) is 0. The summed E-state index contributed by atoms with van der Waals surface area (Å²) in [5.41, 5.74) is 1.34. The maximum atomic E-state index is 12.6. The molecule has 3 unspecified atom stereocenters. The average Bonchev–Trinajstić information content (AvgIpc) is 3.28. The van der Waals surface area contributed by atoms with Crippen molar-refractivity contribution >= 4 is 11.8 Å². The van der Waals surface area contributed by atoms with Crippen molar-refractivity contribution in [2.24, 2.45) is 5.92 Å². The standard InChI is InChI=1S/C19H23NO4/c1-11-17-14(9-12(10-15(17)21)16-7-4-8-23-16)20-18(11)19(22)24-13-5-2-3-6-13/h4,7-8,12-14,17,20H,2-3,5-6,9-10H2,1H3. The first-order valence-corrected chi connectivity index (χ1v) is 8.88. The van der Waals surface area contributed by atoms with E-state index < -0.39 is 0 Å². The van der Waals surface area contributed by atoms with Crippen LogP contribution in [0.15, 0.2) is 34.1 Å². The van der Waals surface area contributed by atoms with Gasteiger partial charge < -0.3 is 14.5 Å². The van der Waals surface area contributed by atoms with E-state index in [1.54, 1.807) is 6.26 Å². The van der Waals surface area contributed by atoms with Crippen LogP contribution in [0.5, 0.6) is 0 Å². The summed E-state index contributed by atoms with van der Waals surface area (Å²) < 4.78 is 11.1. The predicted octanol–water partition coefficient (Wildman–Crippen LogP) is 3.07. The van der Waals surface area contributed by atoms with Gasteiger partial charge in [-0.05, 0) is 56.7 Å². The summed E-state index contributed by atoms with van der Waals surface area (Å²) in [6.45, 7) is 1.88. The van der Waals surface area contributed by atoms with E-state index in [1.807, 2.05) is 19.1 Å². The Balaban J connectivity index is 1.49. The molecule has 1 aromatic heterocycles. The average molecular weight is 329 g/mol. The van der Waals surface area contributed by atoms with Crippen LogP contribution in [0.2, 0.25) is 0 Å². The molecule has 0 amide bonds. The first-order valence-electron chi connectivity index (χ1n) is 8.88. The molecular weight excluding hydrogens is 306 g/mol. The zero-order chi connectivity index (χ0) is 16.7. The van der Waals surface area contributed by atoms with Gasteiger partial charge in [0.25, 0.3) is 0 Å². The third-order valence-corrected chi connectivity index (χ3v) is 5.65. The SMILES string of the molecule is CC1=C(C(=O)OC2CCCC2)NC2CC(c3ccco3)CC(=O)C12. The van der Waals surface area contributed by atoms with Gasteiger partial charge in [0.2, 0.25) is 0 Å². The normalized spacial score (nSPS) is 30.4. The summed E-state index contributed by atoms with van der Waals surface area (Å²) in [4.78, 5) is 25.1. The highest BCUT2D eigenvalue weighted by atomic mass is 16.5. The lowest BCUT2D eigenvalue weighted by molar-refractivity contribution is -0.144. The number of carbonyl (C=O) groups excluding carboxylic acids is 2. The molecular formula is C19H23NO4. The van der Waals surface area contributed by atoms with E-state index in [1.165, 1.54) is 0 Å². The van der Waals surface area contributed by atoms with Crippen LogP contribution < -0.4 is 5.32 Å². The molecule has 1 N–H and O–H groups in total. The van der Waals surface area contributed by atoms with Crippen molar-refractivity contribution < 1.29 is 18.7 Å². The van der Waals surface area contributed by atoms with Crippen molar-refractivity contribution in [1.82, 2.24) is 5.32 Å². The molecule has 0 bridgehead atoms. The Labute approximate surface area is 141 Å². The molecule has 24 heavy (non-hydrogen) atoms. The Hall–Kier alpha value is -2.04. The molecule has 128 valence electrons. The highest BCUT2D eigenvalue weighted by Crippen LogP contribution is 2.41. The fraction of sp³-hybridized carbons (Fsp3) is 0.579. The van der Waals surface area contributed by atoms with E-state index in [0.717, 1.165) is 43.4 Å². The minimum absolute atomic E-state index is 0.0347. The van der Waals surface area contributed by atoms with Crippen molar-refractivity contribution in [2.75, 3.05) is 0 Å². The van der Waals surface area contributed by atoms with Crippen LogP contribution in [-0.4, -0.2) is 23.9 Å². The predicted molar refractivity (Wildman–Crippen MR) is 87.2 cm³/mol. The maximum absolute atomic E-state index is 12.6. The molecule has 0 aromatic carbocycles. The van der Waals surface area contributed by atoms with Crippen LogP contribution in [0, 0.1) is 5.92 Å². The lowest BCUT2D eigenvalue weighted by Gasteiger charge is -2.30. The highest BCUT2D eigenvalue weighted by molar-refractivity contribution is 5.94. The first-order chi connectivity index (χ1) is 11.6. The quantitative estimate of drug-likeness (QED) is 0.863. The van der Waals surface area contributed by atoms with E-state index in [2.05, 4.69) is 5.32 Å². The molecule has 0 spiro atoms. The third kappa shape index (κ3) is 2.66. The molecule has 0 radical (unpaired) electrons. The third-order valence-electron chi connectivity index (χ3n) is 5.65. The molecule has 2 aliphatic carbocycles. The molecule has 2 heterocycles. The van der Waals surface area contributed by atoms with Crippen LogP contribution in [0.3, 0.4) is 0 Å². The summed E-state index contributed by atoms with van der Waals surface area (Å²) >= 11 is 0. The number of carbonyl (C=O) groups is 2. The topological polar surface area (TPSA) is 68.5 Å². The van der Waals surface area contributed by atoms with Crippen molar-refractivity contribution in [3.8, 4) is 0 Å². The second-order valence-electron chi connectivity index (χ2n) is 7.22. The van der Waals surface area contributed by atoms with Crippen molar-refractivity contribution in [1.29, 1.82) is 0 Å². The fourth-order valence-corrected chi connectivity index (χ4v) is 4.44. The van der Waals surface area contributed by atoms with Crippen LogP contribution in [-0.2, 0) is 14.3 Å². The minimum Gasteiger partial charge on any atom is -0.469 e. The molecule has 2 fully saturated rings. The molecule has 0 saturated heterocycles. The molecule has 4 rings (SSSR count). The number of esters is 1. The van der Waals surface area contributed by atoms with Crippen LogP contribution >= 0.6 is 0 Å². The minimum atomic E-state index is -0.295. The zero-order valence-electron chi connectivity index (χ0n) is 13.9. The molecule has 3 atom stereocenters. The number of hydrogen-bond donors (Lipinski definition) is 1. The fourth-order valence-electron chi connectivity index (χ4n) is 4.44. The molecule has 2 saturated carbocycles. The Kier molecular flexibility index (Phi) is 3.94. The highest BCUT2D eigenvalue weighted by Gasteiger charge is 2.45. The summed E-state index contributed by atoms with van der Waals surface area (Å²) in [5.74, 6) is 0.613. The smallest absolute Gasteiger partial charge is 0.354 e. The van der Waals surface area contributed by atoms with Gasteiger partial charge in [-0.2, -0.15) is 0 Å². The molecule has 5 nitrogen and oxygen atoms in total. The summed E-state index contributed by atoms with van der Waals surface area (Å²) in [5, 5.41) is 3.28. The van der Waals surface area contributed by atoms with Gasteiger partial charge in [-0.15, -0.1) is 0 Å². The summed E-state index contributed by atoms with van der Waals surface area (Å²) in [6, 6.07) is 3.73. The van der Waals surface area contributed by atoms with Gasteiger partial charge in [0.1, 0.15) is 23.3 Å². The number of nitrogens with one attached hydrogen (secondary N) is 1. The van der Waals surface area contributed by atoms with E-state index in [0.29, 0.717) is 12.1 Å². The molecule has 1 aromatic rings. The van der Waals surface area contributed by atoms with Crippen LogP contribution in [0.1, 0.15) is 57.1 Å². The molecule has 5 heteroatoms. The second kappa shape index (κ2) is 6.11. The first kappa shape index (κ1) is 15.5. The Morgan fingerprint density at radius 1 is 1.33 bits per heavy atom. The molecule has 3 aliphatic rings. The summed E-state index contributed by atoms with van der Waals surface area (Å²) in [6.07, 6.45) is 7.08. The van der Waals surface area contributed by atoms with Gasteiger partial charge >= 0.3 is 5.97 Å². The lowest BCUT2D eigenvalue weighted by atomic mass is 9.75. The van der Waals surface area contributed by atoms with Crippen molar-refractivity contribution in [3.05, 3.63) is 35.4 Å². The number of furan rings is 1. The largest absolute Gasteiger partial charge is 0.469 e. The Bertz CT molecular complexity index is 670. The number of Topliss-reactive ketones (excluding diaryl/α,β-unsaturated/α-hetero) is 1. The number of fused-ring (bicyclic) bond motifs is 1. The van der Waals surface area contributed by atoms with Gasteiger partial charge in [0.15, 0.2) is 0 Å². The van der Waals surface area contributed by atoms with Gasteiger partial charge in [-0.1, -0.05) is 0 Å².